The molecule has 0 radical (unpaired) electrons. The fraction of sp³-hybridized carbons (Fsp3) is 0.250. The van der Waals surface area contributed by atoms with Crippen molar-refractivity contribution < 1.29 is 9.21 Å². The molecule has 0 fully saturated rings. The van der Waals surface area contributed by atoms with E-state index in [1.807, 2.05) is 13.0 Å². The second-order valence-corrected chi connectivity index (χ2v) is 7.56. The lowest BCUT2D eigenvalue weighted by molar-refractivity contribution is 0.0997. The molecule has 1 aliphatic rings. The van der Waals surface area contributed by atoms with Crippen LogP contribution in [0.2, 0.25) is 0 Å². The summed E-state index contributed by atoms with van der Waals surface area (Å²) in [5.74, 6) is -0.566. The fourth-order valence-electron chi connectivity index (χ4n) is 3.31. The maximum atomic E-state index is 12.6. The van der Waals surface area contributed by atoms with Crippen molar-refractivity contribution in [2.24, 2.45) is 0 Å². The third-order valence-electron chi connectivity index (χ3n) is 4.62. The molecule has 3 aromatic rings. The lowest BCUT2D eigenvalue weighted by Crippen LogP contribution is -2.15. The molecular weight excluding hydrogens is 348 g/mol. The Kier molecular flexibility index (Phi) is 4.09. The number of anilines is 1. The van der Waals surface area contributed by atoms with Gasteiger partial charge < -0.3 is 9.73 Å². The molecule has 1 aromatic carbocycles. The van der Waals surface area contributed by atoms with Crippen LogP contribution in [0, 0.1) is 18.3 Å². The highest BCUT2D eigenvalue weighted by Crippen LogP contribution is 2.37. The van der Waals surface area contributed by atoms with Crippen LogP contribution in [-0.4, -0.2) is 5.91 Å². The number of fused-ring (bicyclic) bond motifs is 2. The number of benzene rings is 1. The van der Waals surface area contributed by atoms with Crippen molar-refractivity contribution in [3.8, 4) is 6.07 Å². The van der Waals surface area contributed by atoms with Crippen LogP contribution in [0.25, 0.3) is 11.0 Å². The van der Waals surface area contributed by atoms with Crippen LogP contribution >= 0.6 is 11.3 Å². The van der Waals surface area contributed by atoms with E-state index in [0.29, 0.717) is 21.5 Å². The Morgan fingerprint density at radius 1 is 1.27 bits per heavy atom. The van der Waals surface area contributed by atoms with Crippen molar-refractivity contribution in [1.29, 1.82) is 5.26 Å². The summed E-state index contributed by atoms with van der Waals surface area (Å²) in [6.07, 6.45) is 3.97. The second kappa shape index (κ2) is 6.43. The molecule has 0 bridgehead atoms. The monoisotopic (exact) mass is 364 g/mol. The molecule has 0 aliphatic heterocycles. The van der Waals surface area contributed by atoms with Gasteiger partial charge in [-0.25, -0.2) is 0 Å². The molecule has 2 aromatic heterocycles. The first kappa shape index (κ1) is 16.6. The van der Waals surface area contributed by atoms with E-state index in [1.54, 1.807) is 12.1 Å². The van der Waals surface area contributed by atoms with Gasteiger partial charge in [0.05, 0.1) is 10.9 Å². The Hall–Kier alpha value is -2.91. The van der Waals surface area contributed by atoms with Gasteiger partial charge in [0.1, 0.15) is 16.7 Å². The number of hydrogen-bond acceptors (Lipinski definition) is 5. The zero-order valence-corrected chi connectivity index (χ0v) is 15.0. The van der Waals surface area contributed by atoms with Gasteiger partial charge in [-0.05, 0) is 55.9 Å². The van der Waals surface area contributed by atoms with Crippen LogP contribution in [0.15, 0.2) is 33.5 Å². The number of thiophene rings is 1. The summed E-state index contributed by atoms with van der Waals surface area (Å²) in [4.78, 5) is 26.1. The van der Waals surface area contributed by atoms with Crippen LogP contribution in [0.3, 0.4) is 0 Å². The predicted octanol–water partition coefficient (Wildman–Crippen LogP) is 4.17. The van der Waals surface area contributed by atoms with Crippen molar-refractivity contribution >= 4 is 33.2 Å². The maximum absolute atomic E-state index is 12.6. The standard InChI is InChI=1S/C20H16N2O3S/c1-11-6-7-13-15(23)9-17(25-16(13)8-11)19(24)22-20-14(10-21)12-4-2-3-5-18(12)26-20/h6-9H,2-5H2,1H3,(H,22,24). The highest BCUT2D eigenvalue weighted by atomic mass is 32.1. The van der Waals surface area contributed by atoms with E-state index in [1.165, 1.54) is 22.3 Å². The Labute approximate surface area is 153 Å². The van der Waals surface area contributed by atoms with Crippen molar-refractivity contribution in [1.82, 2.24) is 0 Å². The smallest absolute Gasteiger partial charge is 0.292 e. The Morgan fingerprint density at radius 3 is 2.88 bits per heavy atom. The maximum Gasteiger partial charge on any atom is 0.292 e. The van der Waals surface area contributed by atoms with E-state index in [-0.39, 0.29) is 11.2 Å². The van der Waals surface area contributed by atoms with Crippen LogP contribution in [0.1, 0.15) is 45.0 Å². The third kappa shape index (κ3) is 2.80. The molecule has 0 saturated heterocycles. The fourth-order valence-corrected chi connectivity index (χ4v) is 4.55. The summed E-state index contributed by atoms with van der Waals surface area (Å²) >= 11 is 1.45. The lowest BCUT2D eigenvalue weighted by atomic mass is 9.96. The third-order valence-corrected chi connectivity index (χ3v) is 5.83. The van der Waals surface area contributed by atoms with Crippen molar-refractivity contribution in [2.45, 2.75) is 32.6 Å². The van der Waals surface area contributed by atoms with Gasteiger partial charge >= 0.3 is 0 Å². The molecule has 0 atom stereocenters. The quantitative estimate of drug-likeness (QED) is 0.740. The minimum Gasteiger partial charge on any atom is -0.451 e. The largest absolute Gasteiger partial charge is 0.451 e. The number of carbonyl (C=O) groups is 1. The molecular formula is C20H16N2O3S. The van der Waals surface area contributed by atoms with Crippen LogP contribution in [0.5, 0.6) is 0 Å². The van der Waals surface area contributed by atoms with Crippen LogP contribution in [-0.2, 0) is 12.8 Å². The minimum atomic E-state index is -0.513. The highest BCUT2D eigenvalue weighted by molar-refractivity contribution is 7.16. The van der Waals surface area contributed by atoms with Gasteiger partial charge in [0.15, 0.2) is 11.2 Å². The number of nitrogens with zero attached hydrogens (tertiary/aromatic N) is 1. The average Bonchev–Trinajstić information content (AvgIpc) is 2.98. The van der Waals surface area contributed by atoms with Crippen molar-refractivity contribution in [2.75, 3.05) is 5.32 Å². The second-order valence-electron chi connectivity index (χ2n) is 6.46. The molecule has 0 spiro atoms. The summed E-state index contributed by atoms with van der Waals surface area (Å²) < 4.78 is 5.64. The molecule has 2 heterocycles. The number of amides is 1. The Bertz CT molecular complexity index is 1130. The molecule has 1 aliphatic carbocycles. The summed E-state index contributed by atoms with van der Waals surface area (Å²) in [5, 5.41) is 13.2. The van der Waals surface area contributed by atoms with Gasteiger partial charge in [-0.15, -0.1) is 11.3 Å². The molecule has 130 valence electrons. The van der Waals surface area contributed by atoms with Crippen LogP contribution < -0.4 is 10.7 Å². The average molecular weight is 364 g/mol. The summed E-state index contributed by atoms with van der Waals surface area (Å²) in [6.45, 7) is 1.89. The number of rotatable bonds is 2. The van der Waals surface area contributed by atoms with E-state index in [0.717, 1.165) is 36.8 Å². The highest BCUT2D eigenvalue weighted by Gasteiger charge is 2.23. The molecule has 4 rings (SSSR count). The number of nitrogens with one attached hydrogen (secondary N) is 1. The topological polar surface area (TPSA) is 83.1 Å². The van der Waals surface area contributed by atoms with Gasteiger partial charge in [-0.2, -0.15) is 5.26 Å². The molecule has 1 amide bonds. The number of carbonyl (C=O) groups excluding carboxylic acids is 1. The van der Waals surface area contributed by atoms with Gasteiger partial charge in [-0.1, -0.05) is 6.07 Å². The lowest BCUT2D eigenvalue weighted by Gasteiger charge is -2.09. The molecule has 26 heavy (non-hydrogen) atoms. The van der Waals surface area contributed by atoms with E-state index in [4.69, 9.17) is 4.42 Å². The zero-order valence-electron chi connectivity index (χ0n) is 14.2. The summed E-state index contributed by atoms with van der Waals surface area (Å²) in [6, 6.07) is 8.67. The molecule has 0 saturated carbocycles. The van der Waals surface area contributed by atoms with Gasteiger partial charge in [0.2, 0.25) is 0 Å². The molecule has 1 N–H and O–H groups in total. The predicted molar refractivity (Wildman–Crippen MR) is 101 cm³/mol. The van der Waals surface area contributed by atoms with E-state index < -0.39 is 5.91 Å². The van der Waals surface area contributed by atoms with E-state index >= 15 is 0 Å². The molecule has 5 nitrogen and oxygen atoms in total. The Balaban J connectivity index is 1.71. The zero-order chi connectivity index (χ0) is 18.3. The van der Waals surface area contributed by atoms with E-state index in [9.17, 15) is 14.9 Å². The summed E-state index contributed by atoms with van der Waals surface area (Å²) in [7, 11) is 0. The molecule has 0 unspecified atom stereocenters. The van der Waals surface area contributed by atoms with E-state index in [2.05, 4.69) is 11.4 Å². The number of aryl methyl sites for hydroxylation is 2. The first-order chi connectivity index (χ1) is 12.6. The SMILES string of the molecule is Cc1ccc2c(=O)cc(C(=O)Nc3sc4c(c3C#N)CCCC4)oc2c1. The van der Waals surface area contributed by atoms with Crippen molar-refractivity contribution in [3.63, 3.8) is 0 Å². The number of hydrogen-bond donors (Lipinski definition) is 1. The number of nitriles is 1. The minimum absolute atomic E-state index is 0.0524. The van der Waals surface area contributed by atoms with Crippen LogP contribution in [0.4, 0.5) is 5.00 Å². The first-order valence-electron chi connectivity index (χ1n) is 8.47. The Morgan fingerprint density at radius 2 is 2.08 bits per heavy atom. The first-order valence-corrected chi connectivity index (χ1v) is 9.29. The molecule has 6 heteroatoms. The van der Waals surface area contributed by atoms with Gasteiger partial charge in [-0.3, -0.25) is 9.59 Å². The van der Waals surface area contributed by atoms with Crippen molar-refractivity contribution in [3.05, 3.63) is 61.8 Å². The van der Waals surface area contributed by atoms with Gasteiger partial charge in [0.25, 0.3) is 5.91 Å². The summed E-state index contributed by atoms with van der Waals surface area (Å²) in [5.41, 5.74) is 2.65. The normalized spacial score (nSPS) is 13.2. The van der Waals surface area contributed by atoms with Gasteiger partial charge in [0, 0.05) is 10.9 Å².